The van der Waals surface area contributed by atoms with Crippen LogP contribution in [0.1, 0.15) is 50.5 Å². The van der Waals surface area contributed by atoms with Gasteiger partial charge in [0.1, 0.15) is 0 Å². The molecule has 1 unspecified atom stereocenters. The van der Waals surface area contributed by atoms with E-state index in [0.29, 0.717) is 5.56 Å². The fourth-order valence-electron chi connectivity index (χ4n) is 1.96. The third-order valence-electron chi connectivity index (χ3n) is 3.63. The Kier molecular flexibility index (Phi) is 6.42. The summed E-state index contributed by atoms with van der Waals surface area (Å²) in [6.07, 6.45) is -0.522. The summed E-state index contributed by atoms with van der Waals surface area (Å²) >= 11 is 0. The van der Waals surface area contributed by atoms with Crippen LogP contribution in [0.3, 0.4) is 0 Å². The first kappa shape index (κ1) is 18.5. The van der Waals surface area contributed by atoms with Gasteiger partial charge in [-0.2, -0.15) is 0 Å². The SMILES string of the molecule is Cc1c(NCC(C)(C)C)cccc1C(=O)NCC(O)C(C)C. The molecule has 0 spiro atoms. The molecule has 0 radical (unpaired) electrons. The molecule has 0 bridgehead atoms. The summed E-state index contributed by atoms with van der Waals surface area (Å²) in [7, 11) is 0. The average molecular weight is 306 g/mol. The van der Waals surface area contributed by atoms with Crippen molar-refractivity contribution in [3.8, 4) is 0 Å². The zero-order chi connectivity index (χ0) is 16.9. The molecule has 0 aliphatic rings. The lowest BCUT2D eigenvalue weighted by Crippen LogP contribution is -2.35. The van der Waals surface area contributed by atoms with Crippen LogP contribution in [-0.4, -0.2) is 30.2 Å². The Bertz CT molecular complexity index is 504. The van der Waals surface area contributed by atoms with Gasteiger partial charge in [0.25, 0.3) is 5.91 Å². The molecule has 1 aromatic rings. The Balaban J connectivity index is 2.77. The quantitative estimate of drug-likeness (QED) is 0.756. The summed E-state index contributed by atoms with van der Waals surface area (Å²) in [6.45, 7) is 13.4. The number of anilines is 1. The minimum atomic E-state index is -0.522. The molecule has 4 nitrogen and oxygen atoms in total. The molecule has 3 N–H and O–H groups in total. The zero-order valence-electron chi connectivity index (χ0n) is 14.7. The van der Waals surface area contributed by atoms with Crippen LogP contribution in [0.15, 0.2) is 18.2 Å². The number of amides is 1. The van der Waals surface area contributed by atoms with Gasteiger partial charge in [0, 0.05) is 24.3 Å². The predicted molar refractivity (Wildman–Crippen MR) is 92.3 cm³/mol. The first-order valence-corrected chi connectivity index (χ1v) is 7.91. The molecule has 1 amide bonds. The van der Waals surface area contributed by atoms with Gasteiger partial charge in [-0.1, -0.05) is 40.7 Å². The number of hydrogen-bond acceptors (Lipinski definition) is 3. The largest absolute Gasteiger partial charge is 0.391 e. The van der Waals surface area contributed by atoms with E-state index in [1.54, 1.807) is 0 Å². The Morgan fingerprint density at radius 3 is 2.45 bits per heavy atom. The minimum absolute atomic E-state index is 0.126. The van der Waals surface area contributed by atoms with Crippen LogP contribution in [-0.2, 0) is 0 Å². The first-order valence-electron chi connectivity index (χ1n) is 7.91. The van der Waals surface area contributed by atoms with E-state index < -0.39 is 6.10 Å². The summed E-state index contributed by atoms with van der Waals surface area (Å²) in [6, 6.07) is 5.68. The van der Waals surface area contributed by atoms with Gasteiger partial charge in [-0.25, -0.2) is 0 Å². The van der Waals surface area contributed by atoms with E-state index in [-0.39, 0.29) is 23.8 Å². The van der Waals surface area contributed by atoms with Crippen molar-refractivity contribution >= 4 is 11.6 Å². The van der Waals surface area contributed by atoms with Crippen LogP contribution >= 0.6 is 0 Å². The van der Waals surface area contributed by atoms with Crippen molar-refractivity contribution in [3.05, 3.63) is 29.3 Å². The molecule has 0 saturated heterocycles. The molecule has 1 rings (SSSR count). The molecule has 0 fully saturated rings. The van der Waals surface area contributed by atoms with Crippen molar-refractivity contribution in [2.75, 3.05) is 18.4 Å². The Hall–Kier alpha value is -1.55. The van der Waals surface area contributed by atoms with Gasteiger partial charge >= 0.3 is 0 Å². The maximum Gasteiger partial charge on any atom is 0.251 e. The van der Waals surface area contributed by atoms with Gasteiger partial charge in [-0.3, -0.25) is 4.79 Å². The summed E-state index contributed by atoms with van der Waals surface area (Å²) in [5.74, 6) is -0.0159. The van der Waals surface area contributed by atoms with E-state index in [9.17, 15) is 9.90 Å². The monoisotopic (exact) mass is 306 g/mol. The first-order chi connectivity index (χ1) is 10.1. The third-order valence-corrected chi connectivity index (χ3v) is 3.63. The van der Waals surface area contributed by atoms with Crippen LogP contribution < -0.4 is 10.6 Å². The molecule has 0 aliphatic carbocycles. The number of benzene rings is 1. The van der Waals surface area contributed by atoms with Gasteiger partial charge in [0.15, 0.2) is 0 Å². The highest BCUT2D eigenvalue weighted by Crippen LogP contribution is 2.21. The number of aliphatic hydroxyl groups excluding tert-OH is 1. The maximum absolute atomic E-state index is 12.3. The minimum Gasteiger partial charge on any atom is -0.391 e. The molecule has 0 saturated carbocycles. The molecule has 22 heavy (non-hydrogen) atoms. The van der Waals surface area contributed by atoms with Gasteiger partial charge in [-0.05, 0) is 36.0 Å². The van der Waals surface area contributed by atoms with Gasteiger partial charge in [0.2, 0.25) is 0 Å². The average Bonchev–Trinajstić information content (AvgIpc) is 2.42. The van der Waals surface area contributed by atoms with E-state index >= 15 is 0 Å². The lowest BCUT2D eigenvalue weighted by Gasteiger charge is -2.21. The summed E-state index contributed by atoms with van der Waals surface area (Å²) in [5.41, 5.74) is 2.73. The van der Waals surface area contributed by atoms with Crippen LogP contribution in [0.5, 0.6) is 0 Å². The Labute approximate surface area is 134 Å². The Morgan fingerprint density at radius 2 is 1.91 bits per heavy atom. The van der Waals surface area contributed by atoms with Crippen LogP contribution in [0.2, 0.25) is 0 Å². The number of carbonyl (C=O) groups is 1. The van der Waals surface area contributed by atoms with Crippen molar-refractivity contribution in [1.82, 2.24) is 5.32 Å². The zero-order valence-corrected chi connectivity index (χ0v) is 14.7. The van der Waals surface area contributed by atoms with Crippen molar-refractivity contribution in [2.24, 2.45) is 11.3 Å². The number of rotatable bonds is 6. The molecule has 0 heterocycles. The molecule has 1 atom stereocenters. The molecule has 0 aromatic heterocycles. The van der Waals surface area contributed by atoms with Crippen LogP contribution in [0.25, 0.3) is 0 Å². The molecule has 4 heteroatoms. The van der Waals surface area contributed by atoms with Gasteiger partial charge < -0.3 is 15.7 Å². The van der Waals surface area contributed by atoms with E-state index in [1.807, 2.05) is 39.0 Å². The summed E-state index contributed by atoms with van der Waals surface area (Å²) < 4.78 is 0. The topological polar surface area (TPSA) is 61.4 Å². The highest BCUT2D eigenvalue weighted by atomic mass is 16.3. The van der Waals surface area contributed by atoms with Crippen molar-refractivity contribution in [1.29, 1.82) is 0 Å². The third kappa shape index (κ3) is 5.68. The lowest BCUT2D eigenvalue weighted by atomic mass is 9.96. The normalized spacial score (nSPS) is 13.1. The molecule has 124 valence electrons. The van der Waals surface area contributed by atoms with Gasteiger partial charge in [0.05, 0.1) is 6.10 Å². The molecule has 1 aromatic carbocycles. The summed E-state index contributed by atoms with van der Waals surface area (Å²) in [4.78, 5) is 12.3. The Morgan fingerprint density at radius 1 is 1.27 bits per heavy atom. The second-order valence-corrected chi connectivity index (χ2v) is 7.41. The lowest BCUT2D eigenvalue weighted by molar-refractivity contribution is 0.0871. The molecule has 0 aliphatic heterocycles. The standard InChI is InChI=1S/C18H30N2O2/c1-12(2)16(21)10-19-17(22)14-8-7-9-15(13(14)3)20-11-18(4,5)6/h7-9,12,16,20-21H,10-11H2,1-6H3,(H,19,22). The highest BCUT2D eigenvalue weighted by Gasteiger charge is 2.16. The summed E-state index contributed by atoms with van der Waals surface area (Å²) in [5, 5.41) is 16.0. The number of carbonyl (C=O) groups excluding carboxylic acids is 1. The van der Waals surface area contributed by atoms with E-state index in [1.165, 1.54) is 0 Å². The van der Waals surface area contributed by atoms with Gasteiger partial charge in [-0.15, -0.1) is 0 Å². The van der Waals surface area contributed by atoms with E-state index in [0.717, 1.165) is 17.8 Å². The van der Waals surface area contributed by atoms with Crippen molar-refractivity contribution in [2.45, 2.75) is 47.6 Å². The maximum atomic E-state index is 12.3. The fourth-order valence-corrected chi connectivity index (χ4v) is 1.96. The second-order valence-electron chi connectivity index (χ2n) is 7.41. The van der Waals surface area contributed by atoms with E-state index in [2.05, 4.69) is 31.4 Å². The van der Waals surface area contributed by atoms with Crippen molar-refractivity contribution in [3.63, 3.8) is 0 Å². The molecular formula is C18H30N2O2. The fraction of sp³-hybridized carbons (Fsp3) is 0.611. The predicted octanol–water partition coefficient (Wildman–Crippen LogP) is 3.20. The second kappa shape index (κ2) is 7.63. The van der Waals surface area contributed by atoms with Crippen LogP contribution in [0, 0.1) is 18.3 Å². The van der Waals surface area contributed by atoms with E-state index in [4.69, 9.17) is 0 Å². The number of hydrogen-bond donors (Lipinski definition) is 3. The van der Waals surface area contributed by atoms with Crippen LogP contribution in [0.4, 0.5) is 5.69 Å². The number of nitrogens with one attached hydrogen (secondary N) is 2. The van der Waals surface area contributed by atoms with Crippen molar-refractivity contribution < 1.29 is 9.90 Å². The molecular weight excluding hydrogens is 276 g/mol. The highest BCUT2D eigenvalue weighted by molar-refractivity contribution is 5.97. The smallest absolute Gasteiger partial charge is 0.251 e. The number of aliphatic hydroxyl groups is 1.